The number of urea groups is 1. The van der Waals surface area contributed by atoms with E-state index < -0.39 is 0 Å². The highest BCUT2D eigenvalue weighted by molar-refractivity contribution is 6.04. The van der Waals surface area contributed by atoms with Crippen molar-refractivity contribution in [2.45, 2.75) is 39.8 Å². The van der Waals surface area contributed by atoms with Crippen LogP contribution in [0.25, 0.3) is 0 Å². The van der Waals surface area contributed by atoms with Crippen molar-refractivity contribution >= 4 is 23.4 Å². The first-order chi connectivity index (χ1) is 16.6. The SMILES string of the molecule is CCc1cccc(CC)c1NC(=O)NN1Cc2[nH]nc(NC(=O)c3ccc4c(c3)OCO4)c2C1. The zero-order valence-electron chi connectivity index (χ0n) is 19.0. The van der Waals surface area contributed by atoms with Crippen molar-refractivity contribution in [3.8, 4) is 11.5 Å². The lowest BCUT2D eigenvalue weighted by Gasteiger charge is -2.19. The third kappa shape index (κ3) is 4.15. The number of carbonyl (C=O) groups excluding carboxylic acids is 2. The number of anilines is 2. The molecule has 2 aliphatic rings. The number of aromatic nitrogens is 2. The van der Waals surface area contributed by atoms with Crippen molar-refractivity contribution in [3.05, 3.63) is 64.3 Å². The normalized spacial score (nSPS) is 14.1. The maximum atomic E-state index is 12.7. The maximum absolute atomic E-state index is 12.7. The molecule has 2 aromatic carbocycles. The van der Waals surface area contributed by atoms with E-state index in [-0.39, 0.29) is 18.7 Å². The van der Waals surface area contributed by atoms with Gasteiger partial charge >= 0.3 is 6.03 Å². The Bertz CT molecular complexity index is 1230. The van der Waals surface area contributed by atoms with Gasteiger partial charge in [0, 0.05) is 23.4 Å². The fraction of sp³-hybridized carbons (Fsp3) is 0.292. The van der Waals surface area contributed by atoms with Gasteiger partial charge in [0.15, 0.2) is 17.3 Å². The Hall–Kier alpha value is -4.05. The van der Waals surface area contributed by atoms with Gasteiger partial charge in [-0.3, -0.25) is 15.3 Å². The van der Waals surface area contributed by atoms with Crippen molar-refractivity contribution in [2.24, 2.45) is 0 Å². The van der Waals surface area contributed by atoms with Gasteiger partial charge in [-0.15, -0.1) is 0 Å². The van der Waals surface area contributed by atoms with Crippen LogP contribution in [0.1, 0.15) is 46.6 Å². The van der Waals surface area contributed by atoms with Crippen LogP contribution in [0.5, 0.6) is 11.5 Å². The number of ether oxygens (including phenoxy) is 2. The van der Waals surface area contributed by atoms with Crippen molar-refractivity contribution in [1.82, 2.24) is 20.6 Å². The third-order valence-corrected chi connectivity index (χ3v) is 6.01. The molecule has 0 bridgehead atoms. The second-order valence-corrected chi connectivity index (χ2v) is 8.13. The van der Waals surface area contributed by atoms with E-state index in [0.717, 1.165) is 40.9 Å². The molecule has 0 saturated carbocycles. The number of hydrazine groups is 1. The van der Waals surface area contributed by atoms with Gasteiger partial charge in [-0.1, -0.05) is 32.0 Å². The molecule has 1 aromatic heterocycles. The Morgan fingerprint density at radius 3 is 2.56 bits per heavy atom. The Kier molecular flexibility index (Phi) is 5.81. The van der Waals surface area contributed by atoms with Crippen molar-refractivity contribution < 1.29 is 19.1 Å². The van der Waals surface area contributed by atoms with E-state index in [1.807, 2.05) is 18.2 Å². The summed E-state index contributed by atoms with van der Waals surface area (Å²) in [6, 6.07) is 10.8. The Morgan fingerprint density at radius 1 is 1.03 bits per heavy atom. The number of fused-ring (bicyclic) bond motifs is 2. The number of aromatic amines is 1. The monoisotopic (exact) mass is 462 g/mol. The Labute approximate surface area is 196 Å². The first kappa shape index (κ1) is 21.8. The number of nitrogens with one attached hydrogen (secondary N) is 4. The summed E-state index contributed by atoms with van der Waals surface area (Å²) in [5.74, 6) is 1.29. The number of rotatable bonds is 6. The van der Waals surface area contributed by atoms with Crippen LogP contribution in [0.3, 0.4) is 0 Å². The number of amides is 3. The van der Waals surface area contributed by atoms with E-state index in [9.17, 15) is 9.59 Å². The van der Waals surface area contributed by atoms with Crippen LogP contribution in [-0.2, 0) is 25.9 Å². The lowest BCUT2D eigenvalue weighted by molar-refractivity contribution is 0.102. The molecule has 3 amide bonds. The molecule has 0 unspecified atom stereocenters. The van der Waals surface area contributed by atoms with Crippen molar-refractivity contribution in [1.29, 1.82) is 0 Å². The summed E-state index contributed by atoms with van der Waals surface area (Å²) in [7, 11) is 0. The summed E-state index contributed by atoms with van der Waals surface area (Å²) in [5, 5.41) is 14.8. The van der Waals surface area contributed by atoms with E-state index in [1.54, 1.807) is 23.2 Å². The molecule has 0 saturated heterocycles. The number of para-hydroxylation sites is 1. The second kappa shape index (κ2) is 9.06. The van der Waals surface area contributed by atoms with E-state index in [0.29, 0.717) is 36.0 Å². The fourth-order valence-electron chi connectivity index (χ4n) is 4.23. The largest absolute Gasteiger partial charge is 0.454 e. The molecule has 0 atom stereocenters. The highest BCUT2D eigenvalue weighted by atomic mass is 16.7. The first-order valence-electron chi connectivity index (χ1n) is 11.3. The van der Waals surface area contributed by atoms with Crippen LogP contribution in [0.15, 0.2) is 36.4 Å². The highest BCUT2D eigenvalue weighted by Gasteiger charge is 2.27. The summed E-state index contributed by atoms with van der Waals surface area (Å²) in [6.07, 6.45) is 1.66. The van der Waals surface area contributed by atoms with Gasteiger partial charge in [0.2, 0.25) is 6.79 Å². The molecule has 3 heterocycles. The average molecular weight is 463 g/mol. The molecule has 34 heavy (non-hydrogen) atoms. The summed E-state index contributed by atoms with van der Waals surface area (Å²) in [6.45, 7) is 5.14. The number of hydrogen-bond donors (Lipinski definition) is 4. The molecule has 2 aliphatic heterocycles. The molecule has 10 nitrogen and oxygen atoms in total. The molecule has 4 N–H and O–H groups in total. The van der Waals surface area contributed by atoms with Crippen LogP contribution in [0, 0.1) is 0 Å². The predicted molar refractivity (Wildman–Crippen MR) is 126 cm³/mol. The van der Waals surface area contributed by atoms with Crippen LogP contribution >= 0.6 is 0 Å². The second-order valence-electron chi connectivity index (χ2n) is 8.13. The minimum absolute atomic E-state index is 0.146. The molecule has 0 fully saturated rings. The minimum Gasteiger partial charge on any atom is -0.454 e. The van der Waals surface area contributed by atoms with Crippen LogP contribution in [0.4, 0.5) is 16.3 Å². The van der Waals surface area contributed by atoms with Gasteiger partial charge in [0.25, 0.3) is 5.91 Å². The number of hydrogen-bond acceptors (Lipinski definition) is 6. The minimum atomic E-state index is -0.306. The Morgan fingerprint density at radius 2 is 1.79 bits per heavy atom. The zero-order chi connectivity index (χ0) is 23.7. The average Bonchev–Trinajstić information content (AvgIpc) is 3.55. The molecular formula is C24H26N6O4. The quantitative estimate of drug-likeness (QED) is 0.445. The van der Waals surface area contributed by atoms with Crippen molar-refractivity contribution in [2.75, 3.05) is 17.4 Å². The summed E-state index contributed by atoms with van der Waals surface area (Å²) >= 11 is 0. The number of aryl methyl sites for hydroxylation is 2. The van der Waals surface area contributed by atoms with Crippen LogP contribution < -0.4 is 25.5 Å². The van der Waals surface area contributed by atoms with Gasteiger partial charge in [0.1, 0.15) is 0 Å². The molecule has 0 aliphatic carbocycles. The molecular weight excluding hydrogens is 436 g/mol. The molecule has 3 aromatic rings. The number of nitrogens with zero attached hydrogens (tertiary/aromatic N) is 2. The van der Waals surface area contributed by atoms with E-state index in [2.05, 4.69) is 40.1 Å². The molecule has 10 heteroatoms. The van der Waals surface area contributed by atoms with E-state index in [4.69, 9.17) is 9.47 Å². The third-order valence-electron chi connectivity index (χ3n) is 6.01. The van der Waals surface area contributed by atoms with Gasteiger partial charge < -0.3 is 20.1 Å². The fourth-order valence-corrected chi connectivity index (χ4v) is 4.23. The molecule has 176 valence electrons. The summed E-state index contributed by atoms with van der Waals surface area (Å²) in [4.78, 5) is 25.5. The molecule has 0 spiro atoms. The van der Waals surface area contributed by atoms with E-state index >= 15 is 0 Å². The zero-order valence-corrected chi connectivity index (χ0v) is 19.0. The van der Waals surface area contributed by atoms with Gasteiger partial charge in [-0.2, -0.15) is 5.10 Å². The highest BCUT2D eigenvalue weighted by Crippen LogP contribution is 2.33. The predicted octanol–water partition coefficient (Wildman–Crippen LogP) is 3.57. The lowest BCUT2D eigenvalue weighted by Crippen LogP contribution is -2.41. The number of benzene rings is 2. The number of H-pyrrole nitrogens is 1. The molecule has 0 radical (unpaired) electrons. The van der Waals surface area contributed by atoms with Crippen LogP contribution in [0.2, 0.25) is 0 Å². The van der Waals surface area contributed by atoms with Gasteiger partial charge in [-0.25, -0.2) is 9.80 Å². The topological polar surface area (TPSA) is 121 Å². The first-order valence-corrected chi connectivity index (χ1v) is 11.3. The van der Waals surface area contributed by atoms with E-state index in [1.165, 1.54) is 0 Å². The maximum Gasteiger partial charge on any atom is 0.333 e. The van der Waals surface area contributed by atoms with Crippen LogP contribution in [-0.4, -0.2) is 33.9 Å². The smallest absolute Gasteiger partial charge is 0.333 e. The summed E-state index contributed by atoms with van der Waals surface area (Å²) < 4.78 is 10.6. The van der Waals surface area contributed by atoms with Crippen molar-refractivity contribution in [3.63, 3.8) is 0 Å². The van der Waals surface area contributed by atoms with Gasteiger partial charge in [-0.05, 0) is 42.2 Å². The standard InChI is InChI=1S/C24H26N6O4/c1-3-14-6-5-7-15(4-2)21(14)25-24(32)29-30-11-17-18(12-30)27-28-22(17)26-23(31)16-8-9-19-20(10-16)34-13-33-19/h5-10H,3-4,11-13H2,1-2H3,(H2,25,29,32)(H2,26,27,28,31). The summed E-state index contributed by atoms with van der Waals surface area (Å²) in [5.41, 5.74) is 8.06. The lowest BCUT2D eigenvalue weighted by atomic mass is 10.0. The van der Waals surface area contributed by atoms with Gasteiger partial charge in [0.05, 0.1) is 12.2 Å². The number of carbonyl (C=O) groups is 2. The molecule has 5 rings (SSSR count). The Balaban J connectivity index is 1.22.